The van der Waals surface area contributed by atoms with Gasteiger partial charge >= 0.3 is 6.03 Å². The number of carbonyl (C=O) groups is 1. The maximum absolute atomic E-state index is 10.8. The SMILES string of the molecule is C=C1CCNC(=O)N1C. The normalized spacial score (nSPS) is 19.9. The van der Waals surface area contributed by atoms with E-state index in [9.17, 15) is 4.79 Å². The molecule has 1 N–H and O–H groups in total. The number of rotatable bonds is 0. The predicted molar refractivity (Wildman–Crippen MR) is 34.9 cm³/mol. The molecule has 1 saturated heterocycles. The molecule has 9 heavy (non-hydrogen) atoms. The lowest BCUT2D eigenvalue weighted by molar-refractivity contribution is 0.212. The van der Waals surface area contributed by atoms with Crippen LogP contribution in [0.3, 0.4) is 0 Å². The van der Waals surface area contributed by atoms with Crippen LogP contribution >= 0.6 is 0 Å². The van der Waals surface area contributed by atoms with Gasteiger partial charge in [-0.2, -0.15) is 0 Å². The molecule has 2 amide bonds. The Bertz CT molecular complexity index is 137. The highest BCUT2D eigenvalue weighted by Crippen LogP contribution is 2.06. The van der Waals surface area contributed by atoms with E-state index in [2.05, 4.69) is 11.9 Å². The first-order chi connectivity index (χ1) is 4.22. The van der Waals surface area contributed by atoms with Crippen LogP contribution in [0.15, 0.2) is 12.3 Å². The van der Waals surface area contributed by atoms with Crippen molar-refractivity contribution >= 4 is 6.03 Å². The summed E-state index contributed by atoms with van der Waals surface area (Å²) < 4.78 is 0. The van der Waals surface area contributed by atoms with Gasteiger partial charge in [0.2, 0.25) is 0 Å². The molecule has 0 aromatic carbocycles. The summed E-state index contributed by atoms with van der Waals surface area (Å²) in [6.45, 7) is 4.43. The monoisotopic (exact) mass is 126 g/mol. The van der Waals surface area contributed by atoms with E-state index in [1.165, 1.54) is 4.90 Å². The Balaban J connectivity index is 2.62. The molecule has 0 aromatic heterocycles. The highest BCUT2D eigenvalue weighted by Gasteiger charge is 2.15. The molecule has 0 saturated carbocycles. The fourth-order valence-electron chi connectivity index (χ4n) is 0.744. The fraction of sp³-hybridized carbons (Fsp3) is 0.500. The Hall–Kier alpha value is -0.990. The lowest BCUT2D eigenvalue weighted by atomic mass is 10.3. The molecular weight excluding hydrogens is 116 g/mol. The van der Waals surface area contributed by atoms with E-state index in [1.54, 1.807) is 7.05 Å². The lowest BCUT2D eigenvalue weighted by Gasteiger charge is -2.25. The van der Waals surface area contributed by atoms with Crippen LogP contribution in [-0.2, 0) is 0 Å². The minimum absolute atomic E-state index is 0.0498. The van der Waals surface area contributed by atoms with Gasteiger partial charge in [-0.15, -0.1) is 0 Å². The standard InChI is InChI=1S/C6H10N2O/c1-5-3-4-7-6(9)8(5)2/h1,3-4H2,2H3,(H,7,9). The van der Waals surface area contributed by atoms with Crippen molar-refractivity contribution in [2.75, 3.05) is 13.6 Å². The van der Waals surface area contributed by atoms with Crippen molar-refractivity contribution in [3.05, 3.63) is 12.3 Å². The molecule has 0 bridgehead atoms. The van der Waals surface area contributed by atoms with Crippen molar-refractivity contribution in [3.8, 4) is 0 Å². The third kappa shape index (κ3) is 1.04. The first kappa shape index (κ1) is 6.13. The zero-order valence-corrected chi connectivity index (χ0v) is 5.48. The quantitative estimate of drug-likeness (QED) is 0.505. The molecule has 0 spiro atoms. The van der Waals surface area contributed by atoms with Gasteiger partial charge in [0.05, 0.1) is 0 Å². The van der Waals surface area contributed by atoms with Crippen LogP contribution < -0.4 is 5.32 Å². The molecule has 50 valence electrons. The molecule has 1 aliphatic rings. The van der Waals surface area contributed by atoms with E-state index in [0.717, 1.165) is 18.7 Å². The van der Waals surface area contributed by atoms with E-state index in [0.29, 0.717) is 0 Å². The summed E-state index contributed by atoms with van der Waals surface area (Å²) in [7, 11) is 1.72. The highest BCUT2D eigenvalue weighted by atomic mass is 16.2. The van der Waals surface area contributed by atoms with E-state index in [-0.39, 0.29) is 6.03 Å². The van der Waals surface area contributed by atoms with Gasteiger partial charge in [0.15, 0.2) is 0 Å². The molecule has 0 atom stereocenters. The number of carbonyl (C=O) groups excluding carboxylic acids is 1. The van der Waals surface area contributed by atoms with E-state index in [1.807, 2.05) is 0 Å². The summed E-state index contributed by atoms with van der Waals surface area (Å²) >= 11 is 0. The summed E-state index contributed by atoms with van der Waals surface area (Å²) in [5.74, 6) is 0. The number of nitrogens with one attached hydrogen (secondary N) is 1. The summed E-state index contributed by atoms with van der Waals surface area (Å²) in [5.41, 5.74) is 0.888. The summed E-state index contributed by atoms with van der Waals surface area (Å²) in [6.07, 6.45) is 0.863. The second-order valence-electron chi connectivity index (χ2n) is 2.11. The first-order valence-electron chi connectivity index (χ1n) is 2.91. The Morgan fingerprint density at radius 3 is 2.89 bits per heavy atom. The van der Waals surface area contributed by atoms with E-state index in [4.69, 9.17) is 0 Å². The number of amides is 2. The maximum Gasteiger partial charge on any atom is 0.321 e. The molecule has 0 radical (unpaired) electrons. The number of urea groups is 1. The van der Waals surface area contributed by atoms with Gasteiger partial charge in [0.25, 0.3) is 0 Å². The first-order valence-corrected chi connectivity index (χ1v) is 2.91. The Kier molecular flexibility index (Phi) is 1.42. The van der Waals surface area contributed by atoms with Crippen molar-refractivity contribution in [1.82, 2.24) is 10.2 Å². The Morgan fingerprint density at radius 2 is 2.44 bits per heavy atom. The molecule has 1 fully saturated rings. The maximum atomic E-state index is 10.8. The molecule has 1 rings (SSSR count). The lowest BCUT2D eigenvalue weighted by Crippen LogP contribution is -2.42. The Labute approximate surface area is 54.3 Å². The van der Waals surface area contributed by atoms with Crippen molar-refractivity contribution in [2.45, 2.75) is 6.42 Å². The van der Waals surface area contributed by atoms with Crippen molar-refractivity contribution in [3.63, 3.8) is 0 Å². The average molecular weight is 126 g/mol. The van der Waals surface area contributed by atoms with Gasteiger partial charge in [0, 0.05) is 25.7 Å². The van der Waals surface area contributed by atoms with Crippen molar-refractivity contribution in [1.29, 1.82) is 0 Å². The van der Waals surface area contributed by atoms with Crippen molar-refractivity contribution < 1.29 is 4.79 Å². The van der Waals surface area contributed by atoms with Crippen LogP contribution in [-0.4, -0.2) is 24.5 Å². The van der Waals surface area contributed by atoms with Crippen LogP contribution in [0.5, 0.6) is 0 Å². The minimum Gasteiger partial charge on any atom is -0.337 e. The van der Waals surface area contributed by atoms with Gasteiger partial charge in [-0.3, -0.25) is 0 Å². The van der Waals surface area contributed by atoms with Gasteiger partial charge in [0.1, 0.15) is 0 Å². The van der Waals surface area contributed by atoms with Crippen molar-refractivity contribution in [2.24, 2.45) is 0 Å². The Morgan fingerprint density at radius 1 is 1.78 bits per heavy atom. The zero-order chi connectivity index (χ0) is 6.85. The van der Waals surface area contributed by atoms with Crippen LogP contribution in [0.1, 0.15) is 6.42 Å². The zero-order valence-electron chi connectivity index (χ0n) is 5.48. The summed E-state index contributed by atoms with van der Waals surface area (Å²) in [5, 5.41) is 2.69. The van der Waals surface area contributed by atoms with Crippen LogP contribution in [0.4, 0.5) is 4.79 Å². The topological polar surface area (TPSA) is 32.3 Å². The molecule has 0 aromatic rings. The van der Waals surface area contributed by atoms with Crippen LogP contribution in [0.2, 0.25) is 0 Å². The average Bonchev–Trinajstić information content (AvgIpc) is 1.83. The van der Waals surface area contributed by atoms with E-state index >= 15 is 0 Å². The predicted octanol–water partition coefficient (Wildman–Crippen LogP) is 0.545. The highest BCUT2D eigenvalue weighted by molar-refractivity contribution is 5.76. The molecule has 0 unspecified atom stereocenters. The third-order valence-corrected chi connectivity index (χ3v) is 1.47. The molecule has 3 nitrogen and oxygen atoms in total. The third-order valence-electron chi connectivity index (χ3n) is 1.47. The molecule has 1 aliphatic heterocycles. The number of nitrogens with zero attached hydrogens (tertiary/aromatic N) is 1. The van der Waals surface area contributed by atoms with Crippen LogP contribution in [0.25, 0.3) is 0 Å². The van der Waals surface area contributed by atoms with Gasteiger partial charge in [-0.1, -0.05) is 6.58 Å². The number of hydrogen-bond donors (Lipinski definition) is 1. The molecule has 1 heterocycles. The fourth-order valence-corrected chi connectivity index (χ4v) is 0.744. The molecular formula is C6H10N2O. The second kappa shape index (κ2) is 2.09. The summed E-state index contributed by atoms with van der Waals surface area (Å²) in [4.78, 5) is 12.3. The van der Waals surface area contributed by atoms with Gasteiger partial charge < -0.3 is 10.2 Å². The minimum atomic E-state index is -0.0498. The van der Waals surface area contributed by atoms with E-state index < -0.39 is 0 Å². The van der Waals surface area contributed by atoms with Gasteiger partial charge in [-0.25, -0.2) is 4.79 Å². The largest absolute Gasteiger partial charge is 0.337 e. The molecule has 0 aliphatic carbocycles. The van der Waals surface area contributed by atoms with Gasteiger partial charge in [-0.05, 0) is 0 Å². The molecule has 3 heteroatoms. The smallest absolute Gasteiger partial charge is 0.321 e. The summed E-state index contributed by atoms with van der Waals surface area (Å²) in [6, 6.07) is -0.0498. The van der Waals surface area contributed by atoms with Crippen LogP contribution in [0, 0.1) is 0 Å². The second-order valence-corrected chi connectivity index (χ2v) is 2.11. The number of hydrogen-bond acceptors (Lipinski definition) is 1.